The number of carbonyl (C=O) groups is 1. The maximum Gasteiger partial charge on any atom is 0.235 e. The Hall–Kier alpha value is -0.620. The van der Waals surface area contributed by atoms with Gasteiger partial charge in [0.15, 0.2) is 0 Å². The van der Waals surface area contributed by atoms with Crippen molar-refractivity contribution in [2.75, 3.05) is 12.3 Å². The number of amides is 1. The maximum atomic E-state index is 11.1. The molecule has 0 heterocycles. The first-order valence-electron chi connectivity index (χ1n) is 4.80. The van der Waals surface area contributed by atoms with Crippen LogP contribution in [0.2, 0.25) is 0 Å². The summed E-state index contributed by atoms with van der Waals surface area (Å²) in [6.45, 7) is 1.64. The van der Waals surface area contributed by atoms with Gasteiger partial charge in [0.2, 0.25) is 15.9 Å². The quantitative estimate of drug-likeness (QED) is 0.639. The Kier molecular flexibility index (Phi) is 3.88. The summed E-state index contributed by atoms with van der Waals surface area (Å²) < 4.78 is 24.5. The van der Waals surface area contributed by atoms with Crippen LogP contribution >= 0.6 is 0 Å². The van der Waals surface area contributed by atoms with E-state index in [4.69, 9.17) is 0 Å². The molecule has 14 heavy (non-hydrogen) atoms. The van der Waals surface area contributed by atoms with Crippen LogP contribution in [0, 0.1) is 0 Å². The predicted octanol–water partition coefficient (Wildman–Crippen LogP) is -0.406. The van der Waals surface area contributed by atoms with E-state index in [9.17, 15) is 13.2 Å². The van der Waals surface area contributed by atoms with Gasteiger partial charge in [0.25, 0.3) is 0 Å². The van der Waals surface area contributed by atoms with Crippen molar-refractivity contribution in [3.8, 4) is 0 Å². The van der Waals surface area contributed by atoms with E-state index in [0.29, 0.717) is 6.42 Å². The second-order valence-corrected chi connectivity index (χ2v) is 5.41. The zero-order valence-corrected chi connectivity index (χ0v) is 9.06. The Morgan fingerprint density at radius 3 is 2.57 bits per heavy atom. The van der Waals surface area contributed by atoms with Gasteiger partial charge in [0.1, 0.15) is 0 Å². The van der Waals surface area contributed by atoms with Crippen molar-refractivity contribution in [3.63, 3.8) is 0 Å². The first-order valence-corrected chi connectivity index (χ1v) is 6.45. The molecule has 0 bridgehead atoms. The molecule has 1 aliphatic rings. The van der Waals surface area contributed by atoms with E-state index < -0.39 is 10.0 Å². The highest BCUT2D eigenvalue weighted by atomic mass is 32.2. The summed E-state index contributed by atoms with van der Waals surface area (Å²) in [5.74, 6) is -0.170. The van der Waals surface area contributed by atoms with Crippen molar-refractivity contribution in [3.05, 3.63) is 0 Å². The minimum Gasteiger partial charge on any atom is -0.352 e. The lowest BCUT2D eigenvalue weighted by Crippen LogP contribution is -2.38. The molecule has 1 amide bonds. The highest BCUT2D eigenvalue weighted by molar-refractivity contribution is 7.89. The summed E-state index contributed by atoms with van der Waals surface area (Å²) in [5, 5.41) is 2.70. The molecule has 0 unspecified atom stereocenters. The minimum absolute atomic E-state index is 0.0731. The molecule has 1 saturated carbocycles. The molecule has 5 nitrogen and oxygen atoms in total. The summed E-state index contributed by atoms with van der Waals surface area (Å²) >= 11 is 0. The summed E-state index contributed by atoms with van der Waals surface area (Å²) in [4.78, 5) is 11.1. The molecule has 1 aliphatic carbocycles. The molecule has 0 spiro atoms. The Labute approximate surface area is 84.3 Å². The fraction of sp³-hybridized carbons (Fsp3) is 0.875. The van der Waals surface area contributed by atoms with Crippen LogP contribution < -0.4 is 10.0 Å². The summed E-state index contributed by atoms with van der Waals surface area (Å²) in [5.41, 5.74) is 0. The lowest BCUT2D eigenvalue weighted by Gasteiger charge is -2.05. The molecule has 82 valence electrons. The number of hydrogen-bond donors (Lipinski definition) is 2. The van der Waals surface area contributed by atoms with E-state index >= 15 is 0 Å². The van der Waals surface area contributed by atoms with Crippen LogP contribution in [0.4, 0.5) is 0 Å². The number of rotatable bonds is 6. The van der Waals surface area contributed by atoms with Gasteiger partial charge in [-0.3, -0.25) is 4.79 Å². The van der Waals surface area contributed by atoms with Crippen LogP contribution in [0.3, 0.4) is 0 Å². The van der Waals surface area contributed by atoms with Gasteiger partial charge in [-0.15, -0.1) is 0 Å². The van der Waals surface area contributed by atoms with Gasteiger partial charge in [-0.1, -0.05) is 6.92 Å². The van der Waals surface area contributed by atoms with Crippen molar-refractivity contribution >= 4 is 15.9 Å². The first kappa shape index (κ1) is 11.5. The van der Waals surface area contributed by atoms with Crippen LogP contribution in [-0.4, -0.2) is 32.7 Å². The molecule has 1 fully saturated rings. The fourth-order valence-electron chi connectivity index (χ4n) is 1.02. The predicted molar refractivity (Wildman–Crippen MR) is 53.2 cm³/mol. The Morgan fingerprint density at radius 1 is 1.43 bits per heavy atom. The van der Waals surface area contributed by atoms with E-state index in [0.717, 1.165) is 12.8 Å². The van der Waals surface area contributed by atoms with Gasteiger partial charge in [-0.2, -0.15) is 0 Å². The zero-order chi connectivity index (χ0) is 10.6. The number of nitrogens with one attached hydrogen (secondary N) is 2. The molecule has 1 rings (SSSR count). The van der Waals surface area contributed by atoms with E-state index in [2.05, 4.69) is 10.0 Å². The molecular weight excluding hydrogens is 204 g/mol. The second-order valence-electron chi connectivity index (χ2n) is 3.48. The van der Waals surface area contributed by atoms with Crippen molar-refractivity contribution in [1.82, 2.24) is 10.0 Å². The van der Waals surface area contributed by atoms with Crippen molar-refractivity contribution in [2.45, 2.75) is 32.2 Å². The number of hydrogen-bond acceptors (Lipinski definition) is 3. The fourth-order valence-corrected chi connectivity index (χ4v) is 2.06. The highest BCUT2D eigenvalue weighted by Crippen LogP contribution is 2.18. The van der Waals surface area contributed by atoms with Gasteiger partial charge in [-0.05, 0) is 19.3 Å². The van der Waals surface area contributed by atoms with Crippen LogP contribution in [0.25, 0.3) is 0 Å². The molecule has 0 aromatic heterocycles. The topological polar surface area (TPSA) is 75.3 Å². The van der Waals surface area contributed by atoms with Crippen LogP contribution in [-0.2, 0) is 14.8 Å². The van der Waals surface area contributed by atoms with E-state index in [-0.39, 0.29) is 24.2 Å². The van der Waals surface area contributed by atoms with Crippen molar-refractivity contribution < 1.29 is 13.2 Å². The average Bonchev–Trinajstić information content (AvgIpc) is 2.85. The van der Waals surface area contributed by atoms with Crippen LogP contribution in [0.15, 0.2) is 0 Å². The van der Waals surface area contributed by atoms with Crippen LogP contribution in [0.1, 0.15) is 26.2 Å². The van der Waals surface area contributed by atoms with Gasteiger partial charge < -0.3 is 5.32 Å². The highest BCUT2D eigenvalue weighted by Gasteiger charge is 2.23. The molecule has 0 aliphatic heterocycles. The van der Waals surface area contributed by atoms with E-state index in [1.165, 1.54) is 0 Å². The maximum absolute atomic E-state index is 11.1. The second kappa shape index (κ2) is 4.75. The molecule has 2 N–H and O–H groups in total. The minimum atomic E-state index is -3.25. The smallest absolute Gasteiger partial charge is 0.235 e. The summed E-state index contributed by atoms with van der Waals surface area (Å²) in [7, 11) is -3.25. The van der Waals surface area contributed by atoms with Gasteiger partial charge in [0.05, 0.1) is 12.3 Å². The third-order valence-electron chi connectivity index (χ3n) is 1.87. The number of sulfonamides is 1. The normalized spacial score (nSPS) is 16.6. The SMILES string of the molecule is CCCS(=O)(=O)NCC(=O)NC1CC1. The van der Waals surface area contributed by atoms with Gasteiger partial charge in [-0.25, -0.2) is 13.1 Å². The molecule has 0 aromatic carbocycles. The third kappa shape index (κ3) is 4.57. The first-order chi connectivity index (χ1) is 6.53. The molecule has 0 radical (unpaired) electrons. The van der Waals surface area contributed by atoms with Gasteiger partial charge >= 0.3 is 0 Å². The molecular formula is C8H16N2O3S. The van der Waals surface area contributed by atoms with Crippen molar-refractivity contribution in [1.29, 1.82) is 0 Å². The largest absolute Gasteiger partial charge is 0.352 e. The summed E-state index contributed by atoms with van der Waals surface area (Å²) in [6, 6.07) is 0.276. The third-order valence-corrected chi connectivity index (χ3v) is 3.40. The Balaban J connectivity index is 2.20. The standard InChI is InChI=1S/C8H16N2O3S/c1-2-5-14(12,13)9-6-8(11)10-7-3-4-7/h7,9H,2-6H2,1H3,(H,10,11). The van der Waals surface area contributed by atoms with E-state index in [1.54, 1.807) is 6.92 Å². The van der Waals surface area contributed by atoms with E-state index in [1.807, 2.05) is 0 Å². The number of carbonyl (C=O) groups excluding carboxylic acids is 1. The van der Waals surface area contributed by atoms with Gasteiger partial charge in [0, 0.05) is 6.04 Å². The molecule has 0 aromatic rings. The monoisotopic (exact) mass is 220 g/mol. The summed E-state index contributed by atoms with van der Waals surface area (Å²) in [6.07, 6.45) is 2.57. The average molecular weight is 220 g/mol. The van der Waals surface area contributed by atoms with Crippen molar-refractivity contribution in [2.24, 2.45) is 0 Å². The Morgan fingerprint density at radius 2 is 2.07 bits per heavy atom. The lowest BCUT2D eigenvalue weighted by atomic mass is 10.5. The van der Waals surface area contributed by atoms with Crippen LogP contribution in [0.5, 0.6) is 0 Å². The molecule has 6 heteroatoms. The lowest BCUT2D eigenvalue weighted by molar-refractivity contribution is -0.120. The zero-order valence-electron chi connectivity index (χ0n) is 8.25. The molecule has 0 atom stereocenters. The Bertz CT molecular complexity index is 296. The molecule has 0 saturated heterocycles.